The van der Waals surface area contributed by atoms with Gasteiger partial charge in [0, 0.05) is 12.8 Å². The standard InChI is InChI=1S/C72H120O6/c1-4-7-10-13-16-19-22-25-27-28-29-30-31-32-33-34-35-36-37-38-39-40-41-42-43-44-46-47-50-53-56-59-62-65-71(74)77-68-69(67-76-70(73)64-61-58-55-52-49-24-21-18-15-12-9-6-3)78-72(75)66-63-60-57-54-51-48-45-26-23-20-17-14-11-8-5-2/h7-8,10-11,16-21,25-27,29-30,45,51,54,60,63,69H,4-6,9,12-15,22-24,28,31-44,46-50,52-53,55-59,61-62,64-68H2,1-3H3/b10-7-,11-8-,19-16-,20-17-,21-18-,27-25-,30-29-,45-26-,54-51-,63-60-. The number of carbonyl (C=O) groups excluding carboxylic acids is 3. The van der Waals surface area contributed by atoms with Crippen molar-refractivity contribution >= 4 is 17.9 Å². The molecule has 0 aliphatic heterocycles. The molecule has 0 fully saturated rings. The number of carbonyl (C=O) groups is 3. The fourth-order valence-corrected chi connectivity index (χ4v) is 8.92. The van der Waals surface area contributed by atoms with Crippen LogP contribution in [0.4, 0.5) is 0 Å². The number of unbranched alkanes of at least 4 members (excludes halogenated alkanes) is 28. The summed E-state index contributed by atoms with van der Waals surface area (Å²) in [4.78, 5) is 38.1. The quantitative estimate of drug-likeness (QED) is 0.0261. The summed E-state index contributed by atoms with van der Waals surface area (Å²) in [7, 11) is 0. The Balaban J connectivity index is 4.18. The van der Waals surface area contributed by atoms with Crippen molar-refractivity contribution in [3.05, 3.63) is 122 Å². The first kappa shape index (κ1) is 73.8. The zero-order chi connectivity index (χ0) is 56.4. The highest BCUT2D eigenvalue weighted by molar-refractivity contribution is 5.72. The average molecular weight is 1080 g/mol. The number of hydrogen-bond acceptors (Lipinski definition) is 6. The molecule has 0 aliphatic carbocycles. The summed E-state index contributed by atoms with van der Waals surface area (Å²) < 4.78 is 16.8. The maximum absolute atomic E-state index is 12.8. The van der Waals surface area contributed by atoms with E-state index in [0.29, 0.717) is 12.8 Å². The van der Waals surface area contributed by atoms with Crippen molar-refractivity contribution in [1.82, 2.24) is 0 Å². The van der Waals surface area contributed by atoms with Gasteiger partial charge >= 0.3 is 17.9 Å². The van der Waals surface area contributed by atoms with E-state index in [0.717, 1.165) is 109 Å². The smallest absolute Gasteiger partial charge is 0.310 e. The lowest BCUT2D eigenvalue weighted by Crippen LogP contribution is -2.30. The van der Waals surface area contributed by atoms with Crippen LogP contribution in [-0.2, 0) is 28.6 Å². The molecule has 0 aromatic rings. The van der Waals surface area contributed by atoms with E-state index in [9.17, 15) is 14.4 Å². The number of esters is 3. The maximum atomic E-state index is 12.8. The third-order valence-electron chi connectivity index (χ3n) is 13.7. The molecular weight excluding hydrogens is 961 g/mol. The minimum atomic E-state index is -0.836. The van der Waals surface area contributed by atoms with Crippen molar-refractivity contribution in [2.45, 2.75) is 303 Å². The largest absolute Gasteiger partial charge is 0.462 e. The molecule has 444 valence electrons. The van der Waals surface area contributed by atoms with Gasteiger partial charge in [-0.05, 0) is 109 Å². The highest BCUT2D eigenvalue weighted by Crippen LogP contribution is 2.17. The topological polar surface area (TPSA) is 78.9 Å². The molecular formula is C72H120O6. The lowest BCUT2D eigenvalue weighted by Gasteiger charge is -2.18. The Hall–Kier alpha value is -4.19. The van der Waals surface area contributed by atoms with Crippen molar-refractivity contribution in [2.24, 2.45) is 0 Å². The third-order valence-corrected chi connectivity index (χ3v) is 13.7. The Bertz CT molecular complexity index is 1620. The van der Waals surface area contributed by atoms with E-state index < -0.39 is 12.1 Å². The number of ether oxygens (including phenoxy) is 3. The van der Waals surface area contributed by atoms with Crippen LogP contribution in [0, 0.1) is 0 Å². The van der Waals surface area contributed by atoms with E-state index >= 15 is 0 Å². The van der Waals surface area contributed by atoms with Gasteiger partial charge in [-0.15, -0.1) is 0 Å². The Kier molecular flexibility index (Phi) is 61.8. The second-order valence-corrected chi connectivity index (χ2v) is 21.3. The summed E-state index contributed by atoms with van der Waals surface area (Å²) in [6, 6.07) is 0. The van der Waals surface area contributed by atoms with Gasteiger partial charge in [0.2, 0.25) is 0 Å². The molecule has 0 saturated carbocycles. The minimum Gasteiger partial charge on any atom is -0.462 e. The molecule has 0 bridgehead atoms. The molecule has 0 aromatic heterocycles. The molecule has 0 aromatic carbocycles. The summed E-state index contributed by atoms with van der Waals surface area (Å²) in [5, 5.41) is 0. The number of allylic oxidation sites excluding steroid dienone is 19. The van der Waals surface area contributed by atoms with Crippen LogP contribution < -0.4 is 0 Å². The molecule has 0 aliphatic rings. The van der Waals surface area contributed by atoms with Crippen LogP contribution >= 0.6 is 0 Å². The van der Waals surface area contributed by atoms with E-state index in [4.69, 9.17) is 14.2 Å². The Labute approximate surface area is 482 Å². The molecule has 0 spiro atoms. The van der Waals surface area contributed by atoms with Gasteiger partial charge in [0.25, 0.3) is 0 Å². The van der Waals surface area contributed by atoms with E-state index in [2.05, 4.69) is 130 Å². The van der Waals surface area contributed by atoms with Crippen LogP contribution in [0.5, 0.6) is 0 Å². The SMILES string of the molecule is CC/C=C\C/C=C\C/C=C\C/C=C\C/C=C\CC(=O)OC(COC(=O)CCCCCCC/C=C\CCCCC)COC(=O)CCCCCCCCCCCCCCCCCCCCCC/C=C\C/C=C\C/C=C\C/C=C\CC. The van der Waals surface area contributed by atoms with Crippen LogP contribution in [0.15, 0.2) is 122 Å². The summed E-state index contributed by atoms with van der Waals surface area (Å²) in [6.07, 6.45) is 91.2. The molecule has 0 N–H and O–H groups in total. The first-order valence-electron chi connectivity index (χ1n) is 32.5. The Morgan fingerprint density at radius 3 is 0.859 bits per heavy atom. The van der Waals surface area contributed by atoms with Gasteiger partial charge in [0.15, 0.2) is 6.10 Å². The third kappa shape index (κ3) is 62.7. The molecule has 1 unspecified atom stereocenters. The van der Waals surface area contributed by atoms with Gasteiger partial charge in [-0.3, -0.25) is 14.4 Å². The summed E-state index contributed by atoms with van der Waals surface area (Å²) >= 11 is 0. The minimum absolute atomic E-state index is 0.0941. The highest BCUT2D eigenvalue weighted by Gasteiger charge is 2.19. The second kappa shape index (κ2) is 65.3. The van der Waals surface area contributed by atoms with Gasteiger partial charge in [0.05, 0.1) is 6.42 Å². The first-order valence-corrected chi connectivity index (χ1v) is 32.5. The van der Waals surface area contributed by atoms with Crippen LogP contribution in [0.1, 0.15) is 297 Å². The van der Waals surface area contributed by atoms with Crippen LogP contribution in [0.25, 0.3) is 0 Å². The zero-order valence-electron chi connectivity index (χ0n) is 50.9. The normalized spacial score (nSPS) is 12.9. The van der Waals surface area contributed by atoms with Gasteiger partial charge in [-0.2, -0.15) is 0 Å². The van der Waals surface area contributed by atoms with Crippen molar-refractivity contribution in [3.8, 4) is 0 Å². The van der Waals surface area contributed by atoms with E-state index in [1.807, 2.05) is 6.08 Å². The van der Waals surface area contributed by atoms with E-state index in [1.165, 1.54) is 148 Å². The average Bonchev–Trinajstić information content (AvgIpc) is 3.44. The van der Waals surface area contributed by atoms with E-state index in [1.54, 1.807) is 6.08 Å². The molecule has 1 atom stereocenters. The van der Waals surface area contributed by atoms with Gasteiger partial charge < -0.3 is 14.2 Å². The molecule has 6 nitrogen and oxygen atoms in total. The highest BCUT2D eigenvalue weighted by atomic mass is 16.6. The van der Waals surface area contributed by atoms with Crippen molar-refractivity contribution in [3.63, 3.8) is 0 Å². The molecule has 78 heavy (non-hydrogen) atoms. The number of hydrogen-bond donors (Lipinski definition) is 0. The Morgan fingerprint density at radius 1 is 0.282 bits per heavy atom. The lowest BCUT2D eigenvalue weighted by molar-refractivity contribution is -0.166. The maximum Gasteiger partial charge on any atom is 0.310 e. The molecule has 0 amide bonds. The van der Waals surface area contributed by atoms with Gasteiger partial charge in [-0.1, -0.05) is 290 Å². The van der Waals surface area contributed by atoms with Crippen molar-refractivity contribution in [2.75, 3.05) is 13.2 Å². The number of rotatable bonds is 58. The lowest BCUT2D eigenvalue weighted by atomic mass is 10.0. The molecule has 0 rings (SSSR count). The van der Waals surface area contributed by atoms with Crippen molar-refractivity contribution < 1.29 is 28.6 Å². The van der Waals surface area contributed by atoms with Gasteiger partial charge in [0.1, 0.15) is 13.2 Å². The second-order valence-electron chi connectivity index (χ2n) is 21.3. The van der Waals surface area contributed by atoms with E-state index in [-0.39, 0.29) is 31.6 Å². The first-order chi connectivity index (χ1) is 38.5. The summed E-state index contributed by atoms with van der Waals surface area (Å²) in [6.45, 7) is 6.31. The molecule has 6 heteroatoms. The fourth-order valence-electron chi connectivity index (χ4n) is 8.92. The van der Waals surface area contributed by atoms with Crippen LogP contribution in [-0.4, -0.2) is 37.2 Å². The predicted octanol–water partition coefficient (Wildman–Crippen LogP) is 22.4. The summed E-state index contributed by atoms with van der Waals surface area (Å²) in [5.74, 6) is -1.05. The van der Waals surface area contributed by atoms with Crippen molar-refractivity contribution in [1.29, 1.82) is 0 Å². The summed E-state index contributed by atoms with van der Waals surface area (Å²) in [5.41, 5.74) is 0. The fraction of sp³-hybridized carbons (Fsp3) is 0.681. The van der Waals surface area contributed by atoms with Crippen LogP contribution in [0.2, 0.25) is 0 Å². The predicted molar refractivity (Wildman–Crippen MR) is 339 cm³/mol. The van der Waals surface area contributed by atoms with Gasteiger partial charge in [-0.25, -0.2) is 0 Å². The molecule has 0 saturated heterocycles. The van der Waals surface area contributed by atoms with Crippen LogP contribution in [0.3, 0.4) is 0 Å². The molecule has 0 radical (unpaired) electrons. The zero-order valence-corrected chi connectivity index (χ0v) is 50.9. The Morgan fingerprint density at radius 2 is 0.538 bits per heavy atom. The molecule has 0 heterocycles. The monoisotopic (exact) mass is 1080 g/mol.